The second-order valence-corrected chi connectivity index (χ2v) is 6.50. The lowest BCUT2D eigenvalue weighted by atomic mass is 9.85. The third kappa shape index (κ3) is 2.09. The predicted octanol–water partition coefficient (Wildman–Crippen LogP) is 3.19. The Morgan fingerprint density at radius 3 is 2.71 bits per heavy atom. The molecular weight excluding hydrogens is 264 g/mol. The number of benzene rings is 1. The topological polar surface area (TPSA) is 46.3 Å². The van der Waals surface area contributed by atoms with Gasteiger partial charge in [-0.05, 0) is 50.9 Å². The van der Waals surface area contributed by atoms with E-state index < -0.39 is 0 Å². The van der Waals surface area contributed by atoms with Crippen molar-refractivity contribution in [3.05, 3.63) is 29.7 Å². The monoisotopic (exact) mass is 284 g/mol. The summed E-state index contributed by atoms with van der Waals surface area (Å²) in [5.74, 6) is 1.10. The second kappa shape index (κ2) is 4.67. The van der Waals surface area contributed by atoms with Gasteiger partial charge in [0.1, 0.15) is 5.52 Å². The molecule has 110 valence electrons. The summed E-state index contributed by atoms with van der Waals surface area (Å²) in [6, 6.07) is 6.82. The largest absolute Gasteiger partial charge is 0.441 e. The van der Waals surface area contributed by atoms with Crippen LogP contribution in [-0.2, 0) is 0 Å². The molecule has 2 fully saturated rings. The van der Waals surface area contributed by atoms with Crippen molar-refractivity contribution in [3.8, 4) is 0 Å². The van der Waals surface area contributed by atoms with Crippen LogP contribution >= 0.6 is 0 Å². The molecule has 2 bridgehead atoms. The second-order valence-electron chi connectivity index (χ2n) is 6.50. The molecule has 2 aliphatic heterocycles. The summed E-state index contributed by atoms with van der Waals surface area (Å²) in [5, 5.41) is 0. The molecule has 2 atom stereocenters. The molecule has 2 saturated heterocycles. The number of hydrogen-bond acceptors (Lipinski definition) is 4. The predicted molar refractivity (Wildman–Crippen MR) is 80.4 cm³/mol. The van der Waals surface area contributed by atoms with Crippen molar-refractivity contribution in [3.63, 3.8) is 0 Å². The summed E-state index contributed by atoms with van der Waals surface area (Å²) >= 11 is 0. The van der Waals surface area contributed by atoms with E-state index in [1.807, 2.05) is 25.1 Å². The van der Waals surface area contributed by atoms with Crippen molar-refractivity contribution in [2.24, 2.45) is 5.92 Å². The maximum atomic E-state index is 12.8. The Balaban J connectivity index is 1.61. The van der Waals surface area contributed by atoms with Gasteiger partial charge in [-0.1, -0.05) is 0 Å². The zero-order valence-electron chi connectivity index (χ0n) is 12.5. The van der Waals surface area contributed by atoms with Crippen molar-refractivity contribution < 1.29 is 9.21 Å². The van der Waals surface area contributed by atoms with Crippen molar-refractivity contribution in [2.45, 2.75) is 44.7 Å². The first-order valence-corrected chi connectivity index (χ1v) is 7.75. The van der Waals surface area contributed by atoms with Crippen LogP contribution in [-0.4, -0.2) is 34.8 Å². The summed E-state index contributed by atoms with van der Waals surface area (Å²) in [7, 11) is 2.20. The molecule has 4 nitrogen and oxygen atoms in total. The highest BCUT2D eigenvalue weighted by Crippen LogP contribution is 2.38. The number of piperidine rings is 1. The molecule has 21 heavy (non-hydrogen) atoms. The summed E-state index contributed by atoms with van der Waals surface area (Å²) in [5.41, 5.74) is 2.33. The van der Waals surface area contributed by atoms with E-state index in [9.17, 15) is 4.79 Å². The van der Waals surface area contributed by atoms with Gasteiger partial charge >= 0.3 is 0 Å². The molecule has 1 aromatic heterocycles. The molecule has 4 rings (SSSR count). The molecular formula is C17H20N2O2. The average Bonchev–Trinajstić information content (AvgIpc) is 2.91. The van der Waals surface area contributed by atoms with E-state index in [2.05, 4.69) is 16.9 Å². The number of Topliss-reactive ketones (excluding diaryl/α,β-unsaturated/α-hetero) is 1. The summed E-state index contributed by atoms with van der Waals surface area (Å²) in [4.78, 5) is 19.6. The summed E-state index contributed by atoms with van der Waals surface area (Å²) in [6.45, 7) is 1.83. The number of carbonyl (C=O) groups is 1. The first-order chi connectivity index (χ1) is 10.1. The third-order valence-corrected chi connectivity index (χ3v) is 5.25. The van der Waals surface area contributed by atoms with Crippen molar-refractivity contribution in [2.75, 3.05) is 7.05 Å². The number of aromatic nitrogens is 1. The smallest absolute Gasteiger partial charge is 0.192 e. The molecule has 0 saturated carbocycles. The van der Waals surface area contributed by atoms with E-state index in [-0.39, 0.29) is 11.7 Å². The van der Waals surface area contributed by atoms with Crippen LogP contribution in [0.25, 0.3) is 11.1 Å². The zero-order valence-corrected chi connectivity index (χ0v) is 12.5. The molecule has 1 aromatic carbocycles. The SMILES string of the molecule is Cc1nc2cc(C(=O)C3CC4CCC(C3)N4C)ccc2o1. The number of rotatable bonds is 2. The highest BCUT2D eigenvalue weighted by molar-refractivity contribution is 6.00. The first kappa shape index (κ1) is 13.0. The Bertz CT molecular complexity index is 692. The molecule has 0 amide bonds. The normalized spacial score (nSPS) is 29.1. The molecule has 0 aliphatic carbocycles. The van der Waals surface area contributed by atoms with E-state index in [0.29, 0.717) is 18.0 Å². The summed E-state index contributed by atoms with van der Waals surface area (Å²) in [6.07, 6.45) is 4.49. The molecule has 3 heterocycles. The zero-order chi connectivity index (χ0) is 14.6. The number of fused-ring (bicyclic) bond motifs is 3. The maximum Gasteiger partial charge on any atom is 0.192 e. The van der Waals surface area contributed by atoms with Gasteiger partial charge in [-0.2, -0.15) is 0 Å². The number of aryl methyl sites for hydroxylation is 1. The third-order valence-electron chi connectivity index (χ3n) is 5.25. The van der Waals surface area contributed by atoms with Gasteiger partial charge in [-0.3, -0.25) is 4.79 Å². The molecule has 0 spiro atoms. The van der Waals surface area contributed by atoms with E-state index in [1.165, 1.54) is 12.8 Å². The molecule has 2 aromatic rings. The quantitative estimate of drug-likeness (QED) is 0.795. The van der Waals surface area contributed by atoms with Crippen LogP contribution < -0.4 is 0 Å². The summed E-state index contributed by atoms with van der Waals surface area (Å²) < 4.78 is 5.48. The Hall–Kier alpha value is -1.68. The van der Waals surface area contributed by atoms with E-state index in [1.54, 1.807) is 0 Å². The first-order valence-electron chi connectivity index (χ1n) is 7.75. The van der Waals surface area contributed by atoms with Crippen molar-refractivity contribution in [1.82, 2.24) is 9.88 Å². The minimum Gasteiger partial charge on any atom is -0.441 e. The van der Waals surface area contributed by atoms with Crippen LogP contribution in [0.4, 0.5) is 0 Å². The standard InChI is InChI=1S/C17H20N2O2/c1-10-18-15-9-11(3-6-16(15)21-10)17(20)12-7-13-4-5-14(8-12)19(13)2/h3,6,9,12-14H,4-5,7-8H2,1-2H3. The molecule has 0 radical (unpaired) electrons. The van der Waals surface area contributed by atoms with Gasteiger partial charge in [-0.25, -0.2) is 4.98 Å². The highest BCUT2D eigenvalue weighted by atomic mass is 16.3. The van der Waals surface area contributed by atoms with Crippen LogP contribution in [0.15, 0.2) is 22.6 Å². The van der Waals surface area contributed by atoms with Gasteiger partial charge in [0.25, 0.3) is 0 Å². The van der Waals surface area contributed by atoms with Gasteiger partial charge in [0.05, 0.1) is 0 Å². The van der Waals surface area contributed by atoms with Gasteiger partial charge in [0.2, 0.25) is 0 Å². The maximum absolute atomic E-state index is 12.8. The van der Waals surface area contributed by atoms with Gasteiger partial charge in [0, 0.05) is 30.5 Å². The molecule has 2 unspecified atom stereocenters. The van der Waals surface area contributed by atoms with Crippen LogP contribution in [0.2, 0.25) is 0 Å². The molecule has 4 heteroatoms. The number of ketones is 1. The van der Waals surface area contributed by atoms with E-state index in [0.717, 1.165) is 29.5 Å². The fourth-order valence-corrected chi connectivity index (χ4v) is 4.06. The van der Waals surface area contributed by atoms with Crippen molar-refractivity contribution in [1.29, 1.82) is 0 Å². The van der Waals surface area contributed by atoms with Crippen LogP contribution in [0.1, 0.15) is 41.9 Å². The Morgan fingerprint density at radius 1 is 1.29 bits per heavy atom. The number of oxazole rings is 1. The van der Waals surface area contributed by atoms with Crippen molar-refractivity contribution >= 4 is 16.9 Å². The number of carbonyl (C=O) groups excluding carboxylic acids is 1. The Labute approximate surface area is 124 Å². The minimum atomic E-state index is 0.171. The molecule has 0 N–H and O–H groups in total. The Kier molecular flexibility index (Phi) is 2.89. The van der Waals surface area contributed by atoms with Crippen LogP contribution in [0.5, 0.6) is 0 Å². The lowest BCUT2D eigenvalue weighted by Gasteiger charge is -2.35. The Morgan fingerprint density at radius 2 is 2.00 bits per heavy atom. The fourth-order valence-electron chi connectivity index (χ4n) is 4.06. The van der Waals surface area contributed by atoms with E-state index in [4.69, 9.17) is 4.42 Å². The van der Waals surface area contributed by atoms with Gasteiger partial charge in [0.15, 0.2) is 17.3 Å². The fraction of sp³-hybridized carbons (Fsp3) is 0.529. The average molecular weight is 284 g/mol. The number of hydrogen-bond donors (Lipinski definition) is 0. The van der Waals surface area contributed by atoms with Crippen LogP contribution in [0, 0.1) is 12.8 Å². The van der Waals surface area contributed by atoms with Gasteiger partial charge in [-0.15, -0.1) is 0 Å². The van der Waals surface area contributed by atoms with Crippen LogP contribution in [0.3, 0.4) is 0 Å². The minimum absolute atomic E-state index is 0.171. The molecule has 2 aliphatic rings. The number of nitrogens with zero attached hydrogens (tertiary/aromatic N) is 2. The lowest BCUT2D eigenvalue weighted by Crippen LogP contribution is -2.42. The van der Waals surface area contributed by atoms with E-state index >= 15 is 0 Å². The van der Waals surface area contributed by atoms with Gasteiger partial charge < -0.3 is 9.32 Å². The highest BCUT2D eigenvalue weighted by Gasteiger charge is 2.40. The lowest BCUT2D eigenvalue weighted by molar-refractivity contribution is 0.0767.